The number of aldehydes is 1. The Morgan fingerprint density at radius 3 is 2.55 bits per heavy atom. The molecule has 0 fully saturated rings. The van der Waals surface area contributed by atoms with E-state index < -0.39 is 18.1 Å². The average molecular weight is 279 g/mol. The van der Waals surface area contributed by atoms with E-state index in [9.17, 15) is 14.4 Å². The Labute approximate surface area is 117 Å². The quantitative estimate of drug-likeness (QED) is 0.603. The number of esters is 1. The predicted molar refractivity (Wildman–Crippen MR) is 70.9 cm³/mol. The second-order valence-corrected chi connectivity index (χ2v) is 3.91. The lowest BCUT2D eigenvalue weighted by molar-refractivity contribution is -0.146. The second-order valence-electron chi connectivity index (χ2n) is 3.91. The zero-order valence-corrected chi connectivity index (χ0v) is 11.2. The molecule has 1 rings (SSSR count). The summed E-state index contributed by atoms with van der Waals surface area (Å²) in [5, 5.41) is 2.31. The lowest BCUT2D eigenvalue weighted by atomic mass is 10.2. The van der Waals surface area contributed by atoms with Crippen LogP contribution in [-0.4, -0.2) is 31.0 Å². The zero-order valence-electron chi connectivity index (χ0n) is 11.2. The van der Waals surface area contributed by atoms with E-state index >= 15 is 0 Å². The summed E-state index contributed by atoms with van der Waals surface area (Å²) >= 11 is 0. The van der Waals surface area contributed by atoms with Crippen LogP contribution < -0.4 is 5.32 Å². The smallest absolute Gasteiger partial charge is 0.408 e. The summed E-state index contributed by atoms with van der Waals surface area (Å²) in [6.07, 6.45) is -0.382. The molecule has 0 aliphatic carbocycles. The molecule has 0 saturated carbocycles. The molecule has 1 aromatic rings. The molecular weight excluding hydrogens is 262 g/mol. The van der Waals surface area contributed by atoms with Crippen LogP contribution in [0.3, 0.4) is 0 Å². The number of hydrogen-bond donors (Lipinski definition) is 1. The minimum atomic E-state index is -1.02. The zero-order chi connectivity index (χ0) is 14.8. The fourth-order valence-corrected chi connectivity index (χ4v) is 1.46. The Kier molecular flexibility index (Phi) is 6.81. The van der Waals surface area contributed by atoms with Crippen LogP contribution in [0.15, 0.2) is 30.3 Å². The van der Waals surface area contributed by atoms with Crippen LogP contribution in [0.4, 0.5) is 4.79 Å². The molecule has 0 radical (unpaired) electrons. The minimum absolute atomic E-state index is 0.0866. The Hall–Kier alpha value is -2.37. The number of ether oxygens (including phenoxy) is 2. The predicted octanol–water partition coefficient (Wildman–Crippen LogP) is 1.43. The highest BCUT2D eigenvalue weighted by Crippen LogP contribution is 2.01. The number of carbonyl (C=O) groups excluding carboxylic acids is 3. The summed E-state index contributed by atoms with van der Waals surface area (Å²) in [4.78, 5) is 33.5. The van der Waals surface area contributed by atoms with Crippen molar-refractivity contribution in [1.29, 1.82) is 0 Å². The van der Waals surface area contributed by atoms with Crippen molar-refractivity contribution in [3.63, 3.8) is 0 Å². The van der Waals surface area contributed by atoms with Gasteiger partial charge in [0.05, 0.1) is 6.61 Å². The summed E-state index contributed by atoms with van der Waals surface area (Å²) in [7, 11) is 0. The lowest BCUT2D eigenvalue weighted by Crippen LogP contribution is -2.42. The molecule has 1 amide bonds. The number of alkyl carbamates (subject to hydrolysis) is 1. The molecule has 0 aromatic heterocycles. The van der Waals surface area contributed by atoms with Gasteiger partial charge in [-0.15, -0.1) is 0 Å². The van der Waals surface area contributed by atoms with E-state index in [1.165, 1.54) is 0 Å². The molecule has 108 valence electrons. The highest BCUT2D eigenvalue weighted by molar-refractivity contribution is 5.83. The molecule has 0 aliphatic heterocycles. The minimum Gasteiger partial charge on any atom is -0.464 e. The molecule has 0 spiro atoms. The average Bonchev–Trinajstić information content (AvgIpc) is 2.46. The molecule has 0 saturated heterocycles. The van der Waals surface area contributed by atoms with Gasteiger partial charge >= 0.3 is 12.1 Å². The van der Waals surface area contributed by atoms with Gasteiger partial charge < -0.3 is 19.6 Å². The topological polar surface area (TPSA) is 81.7 Å². The number of carbonyl (C=O) groups is 3. The lowest BCUT2D eigenvalue weighted by Gasteiger charge is -2.14. The molecule has 20 heavy (non-hydrogen) atoms. The molecule has 0 heterocycles. The van der Waals surface area contributed by atoms with E-state index in [4.69, 9.17) is 9.47 Å². The van der Waals surface area contributed by atoms with Crippen LogP contribution in [-0.2, 0) is 25.7 Å². The maximum atomic E-state index is 11.6. The van der Waals surface area contributed by atoms with E-state index in [-0.39, 0.29) is 19.6 Å². The molecular formula is C14H17NO5. The van der Waals surface area contributed by atoms with Gasteiger partial charge in [0, 0.05) is 6.42 Å². The highest BCUT2D eigenvalue weighted by atomic mass is 16.6. The van der Waals surface area contributed by atoms with Crippen molar-refractivity contribution >= 4 is 18.3 Å². The fourth-order valence-electron chi connectivity index (χ4n) is 1.46. The third kappa shape index (κ3) is 5.51. The van der Waals surface area contributed by atoms with Crippen molar-refractivity contribution in [1.82, 2.24) is 5.32 Å². The van der Waals surface area contributed by atoms with Gasteiger partial charge in [-0.1, -0.05) is 30.3 Å². The number of rotatable bonds is 7. The molecule has 0 aliphatic rings. The number of nitrogens with one attached hydrogen (secondary N) is 1. The van der Waals surface area contributed by atoms with Crippen LogP contribution in [0, 0.1) is 0 Å². The van der Waals surface area contributed by atoms with Crippen LogP contribution in [0.1, 0.15) is 18.9 Å². The number of amides is 1. The molecule has 1 aromatic carbocycles. The van der Waals surface area contributed by atoms with Crippen molar-refractivity contribution in [2.75, 3.05) is 6.61 Å². The third-order valence-electron chi connectivity index (χ3n) is 2.41. The first-order chi connectivity index (χ1) is 9.67. The van der Waals surface area contributed by atoms with E-state index in [2.05, 4.69) is 5.32 Å². The summed E-state index contributed by atoms with van der Waals surface area (Å²) in [6, 6.07) is 8.10. The van der Waals surface area contributed by atoms with Gasteiger partial charge in [0.25, 0.3) is 0 Å². The number of hydrogen-bond acceptors (Lipinski definition) is 5. The first-order valence-electron chi connectivity index (χ1n) is 6.24. The third-order valence-corrected chi connectivity index (χ3v) is 2.41. The second kappa shape index (κ2) is 8.68. The maximum absolute atomic E-state index is 11.6. The van der Waals surface area contributed by atoms with Crippen molar-refractivity contribution in [2.45, 2.75) is 26.0 Å². The van der Waals surface area contributed by atoms with Gasteiger partial charge in [0.2, 0.25) is 0 Å². The van der Waals surface area contributed by atoms with Crippen LogP contribution in [0.2, 0.25) is 0 Å². The van der Waals surface area contributed by atoms with Gasteiger partial charge in [0.15, 0.2) is 0 Å². The first-order valence-corrected chi connectivity index (χ1v) is 6.24. The first kappa shape index (κ1) is 15.7. The summed E-state index contributed by atoms with van der Waals surface area (Å²) < 4.78 is 9.71. The molecule has 6 nitrogen and oxygen atoms in total. The largest absolute Gasteiger partial charge is 0.464 e. The van der Waals surface area contributed by atoms with Crippen molar-refractivity contribution < 1.29 is 23.9 Å². The Morgan fingerprint density at radius 1 is 1.25 bits per heavy atom. The highest BCUT2D eigenvalue weighted by Gasteiger charge is 2.22. The standard InChI is InChI=1S/C14H17NO5/c1-2-19-13(17)12(8-9-16)15-14(18)20-10-11-6-4-3-5-7-11/h3-7,9,12H,2,8,10H2,1H3,(H,15,18). The molecule has 0 bridgehead atoms. The number of benzene rings is 1. The van der Waals surface area contributed by atoms with Crippen molar-refractivity contribution in [3.8, 4) is 0 Å². The van der Waals surface area contributed by atoms with E-state index in [0.717, 1.165) is 5.56 Å². The van der Waals surface area contributed by atoms with Crippen molar-refractivity contribution in [2.24, 2.45) is 0 Å². The Bertz CT molecular complexity index is 446. The van der Waals surface area contributed by atoms with E-state index in [1.54, 1.807) is 6.92 Å². The molecule has 6 heteroatoms. The molecule has 1 N–H and O–H groups in total. The molecule has 1 unspecified atom stereocenters. The maximum Gasteiger partial charge on any atom is 0.408 e. The van der Waals surface area contributed by atoms with Crippen LogP contribution >= 0.6 is 0 Å². The Morgan fingerprint density at radius 2 is 1.95 bits per heavy atom. The van der Waals surface area contributed by atoms with Gasteiger partial charge in [-0.25, -0.2) is 9.59 Å². The van der Waals surface area contributed by atoms with Crippen LogP contribution in [0.5, 0.6) is 0 Å². The summed E-state index contributed by atoms with van der Waals surface area (Å²) in [6.45, 7) is 1.90. The van der Waals surface area contributed by atoms with Gasteiger partial charge in [0.1, 0.15) is 18.9 Å². The van der Waals surface area contributed by atoms with Gasteiger partial charge in [-0.2, -0.15) is 0 Å². The van der Waals surface area contributed by atoms with Crippen LogP contribution in [0.25, 0.3) is 0 Å². The Balaban J connectivity index is 2.45. The van der Waals surface area contributed by atoms with Gasteiger partial charge in [-0.3, -0.25) is 0 Å². The van der Waals surface area contributed by atoms with E-state index in [1.807, 2.05) is 30.3 Å². The summed E-state index contributed by atoms with van der Waals surface area (Å²) in [5.41, 5.74) is 0.825. The van der Waals surface area contributed by atoms with Crippen molar-refractivity contribution in [3.05, 3.63) is 35.9 Å². The van der Waals surface area contributed by atoms with E-state index in [0.29, 0.717) is 6.29 Å². The van der Waals surface area contributed by atoms with Gasteiger partial charge in [-0.05, 0) is 12.5 Å². The SMILES string of the molecule is CCOC(=O)C(CC=O)NC(=O)OCc1ccccc1. The monoisotopic (exact) mass is 279 g/mol. The fraction of sp³-hybridized carbons (Fsp3) is 0.357. The normalized spacial score (nSPS) is 11.2. The molecule has 1 atom stereocenters. The summed E-state index contributed by atoms with van der Waals surface area (Å²) in [5.74, 6) is -0.656.